The lowest BCUT2D eigenvalue weighted by Crippen LogP contribution is -2.31. The minimum Gasteiger partial charge on any atom is -0.503 e. The van der Waals surface area contributed by atoms with E-state index in [-0.39, 0.29) is 10.7 Å². The predicted octanol–water partition coefficient (Wildman–Crippen LogP) is 7.93. The third-order valence-corrected chi connectivity index (χ3v) is 10.8. The number of halogens is 1. The molecule has 6 rings (SSSR count). The minimum atomic E-state index is -1.02. The number of carbonyl (C=O) groups excluding carboxylic acids is 2. The number of hydrogen-bond acceptors (Lipinski definition) is 11. The predicted molar refractivity (Wildman–Crippen MR) is 180 cm³/mol. The lowest BCUT2D eigenvalue weighted by Gasteiger charge is -2.25. The van der Waals surface area contributed by atoms with Gasteiger partial charge in [-0.05, 0) is 48.7 Å². The minimum absolute atomic E-state index is 0.0720. The molecule has 0 fully saturated rings. The quantitative estimate of drug-likeness (QED) is 0.0838. The third-order valence-electron chi connectivity index (χ3n) is 7.21. The topological polar surface area (TPSA) is 115 Å². The van der Waals surface area contributed by atoms with Crippen LogP contribution >= 0.6 is 46.0 Å². The number of carbonyl (C=O) groups is 2. The van der Waals surface area contributed by atoms with Gasteiger partial charge in [-0.1, -0.05) is 89.3 Å². The molecule has 1 aliphatic heterocycles. The number of aliphatic hydroxyl groups is 1. The number of ketones is 1. The van der Waals surface area contributed by atoms with Crippen LogP contribution in [0.1, 0.15) is 43.1 Å². The molecule has 46 heavy (non-hydrogen) atoms. The summed E-state index contributed by atoms with van der Waals surface area (Å²) in [5.74, 6) is -0.460. The highest BCUT2D eigenvalue weighted by atomic mass is 35.5. The Morgan fingerprint density at radius 3 is 2.50 bits per heavy atom. The number of ether oxygens (including phenoxy) is 2. The Bertz CT molecular complexity index is 1960. The van der Waals surface area contributed by atoms with Gasteiger partial charge >= 0.3 is 0 Å². The highest BCUT2D eigenvalue weighted by Gasteiger charge is 2.47. The largest absolute Gasteiger partial charge is 0.503 e. The standard InChI is InChI=1S/C33H27ClN4O5S3/c1-18-30(45-19(2)35-18)28(39)26-27(21-13-14-24(25(15-21)42-3)43-16-20-9-5-4-6-10-20)38(31(41)29(26)40)32-36-37-33(46-32)44-17-22-11-7-8-12-23(22)34/h4-15,27,40H,16-17H2,1-3H3. The molecule has 2 aromatic heterocycles. The molecule has 5 aromatic rings. The van der Waals surface area contributed by atoms with E-state index < -0.39 is 23.5 Å². The van der Waals surface area contributed by atoms with Gasteiger partial charge in [0.05, 0.1) is 34.3 Å². The molecule has 0 radical (unpaired) electrons. The van der Waals surface area contributed by atoms with Gasteiger partial charge in [-0.3, -0.25) is 14.5 Å². The Balaban J connectivity index is 1.36. The van der Waals surface area contributed by atoms with Crippen molar-refractivity contribution < 1.29 is 24.2 Å². The zero-order valence-electron chi connectivity index (χ0n) is 24.9. The van der Waals surface area contributed by atoms with Crippen LogP contribution < -0.4 is 14.4 Å². The van der Waals surface area contributed by atoms with Crippen molar-refractivity contribution in [3.8, 4) is 11.5 Å². The molecule has 0 spiro atoms. The Morgan fingerprint density at radius 2 is 1.78 bits per heavy atom. The molecule has 1 aliphatic rings. The summed E-state index contributed by atoms with van der Waals surface area (Å²) >= 11 is 10.1. The fourth-order valence-electron chi connectivity index (χ4n) is 5.04. The van der Waals surface area contributed by atoms with Gasteiger partial charge in [-0.2, -0.15) is 0 Å². The number of anilines is 1. The number of aryl methyl sites for hydroxylation is 2. The smallest absolute Gasteiger partial charge is 0.296 e. The summed E-state index contributed by atoms with van der Waals surface area (Å²) in [5, 5.41) is 21.4. The molecule has 1 atom stereocenters. The monoisotopic (exact) mass is 690 g/mol. The van der Waals surface area contributed by atoms with Crippen LogP contribution in [0.4, 0.5) is 5.13 Å². The Labute approximate surface area is 282 Å². The van der Waals surface area contributed by atoms with Gasteiger partial charge in [0, 0.05) is 10.8 Å². The van der Waals surface area contributed by atoms with Crippen molar-refractivity contribution >= 4 is 62.9 Å². The van der Waals surface area contributed by atoms with Crippen molar-refractivity contribution in [3.05, 3.63) is 121 Å². The summed E-state index contributed by atoms with van der Waals surface area (Å²) in [6.45, 7) is 3.85. The van der Waals surface area contributed by atoms with Crippen LogP contribution in [-0.2, 0) is 17.2 Å². The molecule has 1 unspecified atom stereocenters. The fraction of sp³-hybridized carbons (Fsp3) is 0.182. The molecule has 234 valence electrons. The number of amides is 1. The Hall–Kier alpha value is -4.23. The van der Waals surface area contributed by atoms with E-state index in [0.29, 0.717) is 54.4 Å². The van der Waals surface area contributed by atoms with E-state index in [1.54, 1.807) is 32.0 Å². The van der Waals surface area contributed by atoms with Crippen molar-refractivity contribution in [1.82, 2.24) is 15.2 Å². The van der Waals surface area contributed by atoms with Crippen LogP contribution in [0.15, 0.2) is 88.5 Å². The second-order valence-electron chi connectivity index (χ2n) is 10.2. The summed E-state index contributed by atoms with van der Waals surface area (Å²) in [5.41, 5.74) is 2.89. The maximum absolute atomic E-state index is 14.0. The molecule has 3 aromatic carbocycles. The first-order valence-electron chi connectivity index (χ1n) is 14.0. The van der Waals surface area contributed by atoms with E-state index in [1.807, 2.05) is 54.6 Å². The van der Waals surface area contributed by atoms with Crippen LogP contribution in [0.3, 0.4) is 0 Å². The van der Waals surface area contributed by atoms with E-state index in [4.69, 9.17) is 21.1 Å². The number of aromatic nitrogens is 3. The number of thioether (sulfide) groups is 1. The molecule has 13 heteroatoms. The number of aliphatic hydroxyl groups excluding tert-OH is 1. The Kier molecular flexibility index (Phi) is 9.41. The maximum Gasteiger partial charge on any atom is 0.296 e. The van der Waals surface area contributed by atoms with E-state index in [2.05, 4.69) is 15.2 Å². The summed E-state index contributed by atoms with van der Waals surface area (Å²) in [4.78, 5) is 33.8. The molecular formula is C33H27ClN4O5S3. The van der Waals surface area contributed by atoms with Crippen molar-refractivity contribution in [2.45, 2.75) is 36.6 Å². The number of hydrogen-bond donors (Lipinski definition) is 1. The molecule has 0 saturated heterocycles. The molecule has 0 aliphatic carbocycles. The average Bonchev–Trinajstić information content (AvgIpc) is 3.74. The van der Waals surface area contributed by atoms with Crippen LogP contribution in [0.25, 0.3) is 0 Å². The number of Topliss-reactive ketones (excluding diaryl/α,β-unsaturated/α-hetero) is 1. The van der Waals surface area contributed by atoms with Crippen molar-refractivity contribution in [1.29, 1.82) is 0 Å². The molecule has 0 bridgehead atoms. The van der Waals surface area contributed by atoms with Gasteiger partial charge in [0.2, 0.25) is 10.9 Å². The van der Waals surface area contributed by atoms with E-state index in [9.17, 15) is 14.7 Å². The fourth-order valence-corrected chi connectivity index (χ4v) is 8.06. The first-order chi connectivity index (χ1) is 22.2. The van der Waals surface area contributed by atoms with Gasteiger partial charge in [-0.15, -0.1) is 21.5 Å². The van der Waals surface area contributed by atoms with Crippen molar-refractivity contribution in [2.75, 3.05) is 12.0 Å². The average molecular weight is 691 g/mol. The molecule has 9 nitrogen and oxygen atoms in total. The second-order valence-corrected chi connectivity index (χ2v) is 14.0. The number of methoxy groups -OCH3 is 1. The summed E-state index contributed by atoms with van der Waals surface area (Å²) in [7, 11) is 1.52. The van der Waals surface area contributed by atoms with Gasteiger partial charge in [0.1, 0.15) is 6.61 Å². The number of nitrogens with zero attached hydrogens (tertiary/aromatic N) is 4. The number of benzene rings is 3. The summed E-state index contributed by atoms with van der Waals surface area (Å²) in [6.07, 6.45) is 0. The first kappa shape index (κ1) is 31.7. The van der Waals surface area contributed by atoms with Crippen molar-refractivity contribution in [3.63, 3.8) is 0 Å². The maximum atomic E-state index is 14.0. The highest BCUT2D eigenvalue weighted by Crippen LogP contribution is 2.46. The van der Waals surface area contributed by atoms with Crippen LogP contribution in [0.2, 0.25) is 5.02 Å². The zero-order chi connectivity index (χ0) is 32.4. The SMILES string of the molecule is COc1cc(C2C(C(=O)c3sc(C)nc3C)=C(O)C(=O)N2c2nnc(SCc3ccccc3Cl)s2)ccc1OCc1ccccc1. The molecule has 1 amide bonds. The molecule has 0 saturated carbocycles. The second kappa shape index (κ2) is 13.6. The molecular weight excluding hydrogens is 664 g/mol. The highest BCUT2D eigenvalue weighted by molar-refractivity contribution is 8.00. The number of rotatable bonds is 11. The molecule has 3 heterocycles. The Morgan fingerprint density at radius 1 is 1.02 bits per heavy atom. The van der Waals surface area contributed by atoms with E-state index in [1.165, 1.54) is 46.4 Å². The molecule has 1 N–H and O–H groups in total. The van der Waals surface area contributed by atoms with E-state index in [0.717, 1.165) is 11.1 Å². The summed E-state index contributed by atoms with van der Waals surface area (Å²) in [6, 6.07) is 21.4. The van der Waals surface area contributed by atoms with Gasteiger partial charge in [-0.25, -0.2) is 4.98 Å². The van der Waals surface area contributed by atoms with Crippen LogP contribution in [0, 0.1) is 13.8 Å². The van der Waals surface area contributed by atoms with Gasteiger partial charge in [0.25, 0.3) is 5.91 Å². The summed E-state index contributed by atoms with van der Waals surface area (Å²) < 4.78 is 12.3. The lowest BCUT2D eigenvalue weighted by atomic mass is 9.95. The van der Waals surface area contributed by atoms with Crippen LogP contribution in [0.5, 0.6) is 11.5 Å². The van der Waals surface area contributed by atoms with E-state index >= 15 is 0 Å². The van der Waals surface area contributed by atoms with Crippen molar-refractivity contribution in [2.24, 2.45) is 0 Å². The van der Waals surface area contributed by atoms with Gasteiger partial charge in [0.15, 0.2) is 21.6 Å². The number of thiazole rings is 1. The third kappa shape index (κ3) is 6.38. The zero-order valence-corrected chi connectivity index (χ0v) is 28.1. The normalized spacial score (nSPS) is 14.7. The first-order valence-corrected chi connectivity index (χ1v) is 17.0. The van der Waals surface area contributed by atoms with Crippen LogP contribution in [-0.4, -0.2) is 39.1 Å². The lowest BCUT2D eigenvalue weighted by molar-refractivity contribution is -0.117. The van der Waals surface area contributed by atoms with Gasteiger partial charge < -0.3 is 14.6 Å².